The van der Waals surface area contributed by atoms with Crippen LogP contribution in [0.1, 0.15) is 5.69 Å². The molecular weight excluding hydrogens is 388 g/mol. The number of anilines is 1. The molecule has 0 amide bonds. The zero-order chi connectivity index (χ0) is 20.1. The number of nitrogens with one attached hydrogen (secondary N) is 1. The van der Waals surface area contributed by atoms with Gasteiger partial charge in [-0.3, -0.25) is 4.90 Å². The summed E-state index contributed by atoms with van der Waals surface area (Å²) < 4.78 is 35.5. The highest BCUT2D eigenvalue weighted by Gasteiger charge is 2.23. The smallest absolute Gasteiger partial charge is 0.256 e. The van der Waals surface area contributed by atoms with Crippen LogP contribution < -0.4 is 10.2 Å². The minimum atomic E-state index is -0.667. The van der Waals surface area contributed by atoms with Gasteiger partial charge in [-0.2, -0.15) is 5.26 Å². The van der Waals surface area contributed by atoms with Crippen LogP contribution in [-0.2, 0) is 11.3 Å². The molecule has 1 aromatic carbocycles. The van der Waals surface area contributed by atoms with Crippen LogP contribution in [0, 0.1) is 23.0 Å². The average molecular weight is 407 g/mol. The Kier molecular flexibility index (Phi) is 6.33. The van der Waals surface area contributed by atoms with Crippen LogP contribution in [0.25, 0.3) is 5.69 Å². The van der Waals surface area contributed by atoms with Crippen LogP contribution in [0.2, 0.25) is 0 Å². The predicted octanol–water partition coefficient (Wildman–Crippen LogP) is 1.21. The van der Waals surface area contributed by atoms with E-state index >= 15 is 0 Å². The maximum atomic E-state index is 14.7. The fraction of sp³-hybridized carbons (Fsp3) is 0.412. The SMILES string of the molecule is COC(=S)NCc1cn(-c2cc(F)c(N3CCN(CC#N)CC3)c(F)c2)nn1. The normalized spacial score (nSPS) is 14.6. The van der Waals surface area contributed by atoms with E-state index in [4.69, 9.17) is 22.2 Å². The first kappa shape index (κ1) is 19.9. The summed E-state index contributed by atoms with van der Waals surface area (Å²) in [5.74, 6) is -1.33. The van der Waals surface area contributed by atoms with E-state index in [1.54, 1.807) is 11.1 Å². The number of thiocarbonyl (C=S) groups is 1. The molecule has 0 radical (unpaired) electrons. The Morgan fingerprint density at radius 2 is 1.96 bits per heavy atom. The molecule has 1 aliphatic rings. The second-order valence-corrected chi connectivity index (χ2v) is 6.55. The second kappa shape index (κ2) is 8.90. The van der Waals surface area contributed by atoms with E-state index in [-0.39, 0.29) is 23.1 Å². The average Bonchev–Trinajstić information content (AvgIpc) is 3.16. The summed E-state index contributed by atoms with van der Waals surface area (Å²) in [4.78, 5) is 3.60. The second-order valence-electron chi connectivity index (χ2n) is 6.18. The molecule has 3 rings (SSSR count). The maximum absolute atomic E-state index is 14.7. The molecule has 0 aliphatic carbocycles. The Labute approximate surface area is 166 Å². The molecule has 11 heteroatoms. The fourth-order valence-corrected chi connectivity index (χ4v) is 3.03. The van der Waals surface area contributed by atoms with Crippen molar-refractivity contribution < 1.29 is 13.5 Å². The van der Waals surface area contributed by atoms with Crippen LogP contribution in [0.4, 0.5) is 14.5 Å². The first-order valence-corrected chi connectivity index (χ1v) is 8.99. The van der Waals surface area contributed by atoms with Crippen molar-refractivity contribution in [2.24, 2.45) is 0 Å². The van der Waals surface area contributed by atoms with E-state index in [0.717, 1.165) is 0 Å². The first-order valence-electron chi connectivity index (χ1n) is 8.58. The lowest BCUT2D eigenvalue weighted by molar-refractivity contribution is 0.285. The summed E-state index contributed by atoms with van der Waals surface area (Å²) in [6.45, 7) is 2.66. The van der Waals surface area contributed by atoms with Crippen molar-refractivity contribution >= 4 is 23.1 Å². The van der Waals surface area contributed by atoms with Crippen LogP contribution in [0.3, 0.4) is 0 Å². The number of ether oxygens (including phenoxy) is 1. The van der Waals surface area contributed by atoms with Crippen LogP contribution in [0.5, 0.6) is 0 Å². The molecule has 0 bridgehead atoms. The largest absolute Gasteiger partial charge is 0.474 e. The lowest BCUT2D eigenvalue weighted by atomic mass is 10.2. The Morgan fingerprint density at radius 1 is 1.29 bits per heavy atom. The standard InChI is InChI=1S/C17H19F2N7OS/c1-27-17(28)21-10-12-11-26(23-22-12)13-8-14(18)16(15(19)9-13)25-6-4-24(3-2-20)5-7-25/h8-9,11H,3-7,10H2,1H3,(H,21,28). The lowest BCUT2D eigenvalue weighted by Gasteiger charge is -2.35. The molecular formula is C17H19F2N7OS. The van der Waals surface area contributed by atoms with E-state index in [1.165, 1.54) is 23.9 Å². The zero-order valence-electron chi connectivity index (χ0n) is 15.2. The molecule has 148 valence electrons. The third-order valence-electron chi connectivity index (χ3n) is 4.39. The number of hydrogen-bond acceptors (Lipinski definition) is 7. The minimum absolute atomic E-state index is 0.0622. The summed E-state index contributed by atoms with van der Waals surface area (Å²) in [7, 11) is 1.45. The van der Waals surface area contributed by atoms with E-state index in [1.807, 2.05) is 4.90 Å². The first-order chi connectivity index (χ1) is 13.5. The van der Waals surface area contributed by atoms with Gasteiger partial charge in [0.1, 0.15) is 11.4 Å². The molecule has 0 spiro atoms. The van der Waals surface area contributed by atoms with Gasteiger partial charge in [-0.25, -0.2) is 13.5 Å². The van der Waals surface area contributed by atoms with Gasteiger partial charge >= 0.3 is 0 Å². The molecule has 1 saturated heterocycles. The number of nitrogens with zero attached hydrogens (tertiary/aromatic N) is 6. The number of hydrogen-bond donors (Lipinski definition) is 1. The Hall–Kier alpha value is -2.84. The van der Waals surface area contributed by atoms with Gasteiger partial charge in [0.25, 0.3) is 5.17 Å². The highest BCUT2D eigenvalue weighted by Crippen LogP contribution is 2.27. The number of halogens is 2. The van der Waals surface area contributed by atoms with E-state index in [9.17, 15) is 8.78 Å². The van der Waals surface area contributed by atoms with Gasteiger partial charge in [-0.15, -0.1) is 5.10 Å². The number of rotatable bonds is 5. The monoisotopic (exact) mass is 407 g/mol. The number of benzene rings is 1. The topological polar surface area (TPSA) is 82.2 Å². The quantitative estimate of drug-likeness (QED) is 0.585. The maximum Gasteiger partial charge on any atom is 0.256 e. The van der Waals surface area contributed by atoms with Gasteiger partial charge in [0.15, 0.2) is 11.6 Å². The van der Waals surface area contributed by atoms with Gasteiger partial charge in [-0.05, 0) is 12.2 Å². The third kappa shape index (κ3) is 4.52. The van der Waals surface area contributed by atoms with Crippen molar-refractivity contribution in [2.75, 3.05) is 44.7 Å². The van der Waals surface area contributed by atoms with Gasteiger partial charge < -0.3 is 15.0 Å². The summed E-state index contributed by atoms with van der Waals surface area (Å²) in [6.07, 6.45) is 1.56. The van der Waals surface area contributed by atoms with Crippen molar-refractivity contribution in [3.63, 3.8) is 0 Å². The molecule has 1 aliphatic heterocycles. The molecule has 2 aromatic rings. The predicted molar refractivity (Wildman–Crippen MR) is 102 cm³/mol. The van der Waals surface area contributed by atoms with Gasteiger partial charge in [-0.1, -0.05) is 5.21 Å². The van der Waals surface area contributed by atoms with Crippen molar-refractivity contribution in [1.82, 2.24) is 25.2 Å². The van der Waals surface area contributed by atoms with Crippen LogP contribution >= 0.6 is 12.2 Å². The van der Waals surface area contributed by atoms with Gasteiger partial charge in [0, 0.05) is 38.3 Å². The highest BCUT2D eigenvalue weighted by atomic mass is 32.1. The molecule has 28 heavy (non-hydrogen) atoms. The van der Waals surface area contributed by atoms with Gasteiger partial charge in [0.2, 0.25) is 0 Å². The molecule has 1 N–H and O–H groups in total. The number of aromatic nitrogens is 3. The lowest BCUT2D eigenvalue weighted by Crippen LogP contribution is -2.47. The van der Waals surface area contributed by atoms with Gasteiger partial charge in [0.05, 0.1) is 38.2 Å². The molecule has 8 nitrogen and oxygen atoms in total. The Morgan fingerprint density at radius 3 is 2.57 bits per heavy atom. The van der Waals surface area contributed by atoms with Crippen molar-refractivity contribution in [1.29, 1.82) is 5.26 Å². The number of nitriles is 1. The Balaban J connectivity index is 1.73. The summed E-state index contributed by atoms with van der Waals surface area (Å²) in [5, 5.41) is 19.6. The molecule has 2 heterocycles. The molecule has 1 fully saturated rings. The Bertz CT molecular complexity index is 867. The summed E-state index contributed by atoms with van der Waals surface area (Å²) in [6, 6.07) is 4.54. The van der Waals surface area contributed by atoms with Crippen molar-refractivity contribution in [3.05, 3.63) is 35.7 Å². The van der Waals surface area contributed by atoms with Crippen molar-refractivity contribution in [3.8, 4) is 11.8 Å². The zero-order valence-corrected chi connectivity index (χ0v) is 16.0. The van der Waals surface area contributed by atoms with Crippen LogP contribution in [-0.4, -0.2) is 64.9 Å². The third-order valence-corrected chi connectivity index (χ3v) is 4.70. The number of piperazine rings is 1. The van der Waals surface area contributed by atoms with Crippen LogP contribution in [0.15, 0.2) is 18.3 Å². The minimum Gasteiger partial charge on any atom is -0.474 e. The fourth-order valence-electron chi connectivity index (χ4n) is 2.96. The highest BCUT2D eigenvalue weighted by molar-refractivity contribution is 7.80. The number of methoxy groups -OCH3 is 1. The summed E-state index contributed by atoms with van der Waals surface area (Å²) >= 11 is 4.88. The molecule has 0 unspecified atom stereocenters. The van der Waals surface area contributed by atoms with E-state index in [2.05, 4.69) is 21.7 Å². The molecule has 0 atom stereocenters. The molecule has 0 saturated carbocycles. The van der Waals surface area contributed by atoms with E-state index < -0.39 is 11.6 Å². The molecule has 1 aromatic heterocycles. The van der Waals surface area contributed by atoms with E-state index in [0.29, 0.717) is 38.4 Å². The summed E-state index contributed by atoms with van der Waals surface area (Å²) in [5.41, 5.74) is 0.709. The van der Waals surface area contributed by atoms with Crippen molar-refractivity contribution in [2.45, 2.75) is 6.54 Å².